The molecule has 1 saturated carbocycles. The van der Waals surface area contributed by atoms with E-state index in [0.29, 0.717) is 16.7 Å². The molecule has 3 aromatic rings. The topological polar surface area (TPSA) is 118 Å². The van der Waals surface area contributed by atoms with Crippen LogP contribution in [0.3, 0.4) is 0 Å². The molecule has 0 unspecified atom stereocenters. The zero-order chi connectivity index (χ0) is 25.3. The second kappa shape index (κ2) is 10.2. The van der Waals surface area contributed by atoms with Gasteiger partial charge in [0.25, 0.3) is 5.56 Å². The summed E-state index contributed by atoms with van der Waals surface area (Å²) in [7, 11) is -1.55. The summed E-state index contributed by atoms with van der Waals surface area (Å²) in [5.41, 5.74) is 3.27. The highest BCUT2D eigenvalue weighted by Crippen LogP contribution is 2.29. The predicted molar refractivity (Wildman–Crippen MR) is 141 cm³/mol. The van der Waals surface area contributed by atoms with Gasteiger partial charge in [-0.05, 0) is 43.9 Å². The lowest BCUT2D eigenvalue weighted by Crippen LogP contribution is -2.39. The average molecular weight is 513 g/mol. The minimum Gasteiger partial charge on any atom is -0.378 e. The van der Waals surface area contributed by atoms with Crippen molar-refractivity contribution in [1.29, 1.82) is 0 Å². The number of nitrogens with one attached hydrogen (secondary N) is 2. The first kappa shape index (κ1) is 24.7. The minimum atomic E-state index is -3.23. The third kappa shape index (κ3) is 5.53. The summed E-state index contributed by atoms with van der Waals surface area (Å²) in [4.78, 5) is 24.7. The molecule has 2 N–H and O–H groups in total. The van der Waals surface area contributed by atoms with Crippen LogP contribution in [0, 0.1) is 0 Å². The van der Waals surface area contributed by atoms with Gasteiger partial charge < -0.3 is 19.5 Å². The largest absolute Gasteiger partial charge is 0.378 e. The fourth-order valence-electron chi connectivity index (χ4n) is 4.99. The molecule has 11 heteroatoms. The maximum Gasteiger partial charge on any atom is 0.264 e. The van der Waals surface area contributed by atoms with E-state index in [2.05, 4.69) is 32.1 Å². The molecule has 0 spiro atoms. The van der Waals surface area contributed by atoms with Crippen LogP contribution in [0.5, 0.6) is 0 Å². The van der Waals surface area contributed by atoms with Gasteiger partial charge in [-0.1, -0.05) is 12.1 Å². The molecular formula is C25H32N6O4S. The molecule has 192 valence electrons. The Morgan fingerprint density at radius 3 is 2.36 bits per heavy atom. The maximum absolute atomic E-state index is 13.0. The van der Waals surface area contributed by atoms with Crippen molar-refractivity contribution in [3.63, 3.8) is 0 Å². The van der Waals surface area contributed by atoms with E-state index >= 15 is 0 Å². The number of morpholine rings is 1. The number of sulfonamides is 1. The zero-order valence-corrected chi connectivity index (χ0v) is 21.4. The molecule has 0 radical (unpaired) electrons. The van der Waals surface area contributed by atoms with Gasteiger partial charge in [0.1, 0.15) is 11.2 Å². The predicted octanol–water partition coefficient (Wildman–Crippen LogP) is 2.10. The number of hydrogen-bond acceptors (Lipinski definition) is 8. The van der Waals surface area contributed by atoms with E-state index in [0.717, 1.165) is 68.9 Å². The Morgan fingerprint density at radius 1 is 1.03 bits per heavy atom. The highest BCUT2D eigenvalue weighted by atomic mass is 32.2. The van der Waals surface area contributed by atoms with Gasteiger partial charge in [0.15, 0.2) is 0 Å². The monoisotopic (exact) mass is 512 g/mol. The van der Waals surface area contributed by atoms with Crippen LogP contribution in [0.4, 0.5) is 11.5 Å². The van der Waals surface area contributed by atoms with Gasteiger partial charge in [0.2, 0.25) is 10.0 Å². The van der Waals surface area contributed by atoms with Gasteiger partial charge in [-0.15, -0.1) is 0 Å². The number of nitrogens with zero attached hydrogens (tertiary/aromatic N) is 4. The molecule has 3 heterocycles. The Balaban J connectivity index is 1.42. The number of benzene rings is 1. The van der Waals surface area contributed by atoms with Crippen LogP contribution in [0.15, 0.2) is 41.5 Å². The molecule has 10 nitrogen and oxygen atoms in total. The summed E-state index contributed by atoms with van der Waals surface area (Å²) >= 11 is 0. The highest BCUT2D eigenvalue weighted by molar-refractivity contribution is 7.88. The third-order valence-electron chi connectivity index (χ3n) is 6.89. The van der Waals surface area contributed by atoms with E-state index in [1.54, 1.807) is 7.05 Å². The number of ether oxygens (including phenoxy) is 1. The fourth-order valence-corrected chi connectivity index (χ4v) is 5.83. The van der Waals surface area contributed by atoms with Crippen LogP contribution in [0.1, 0.15) is 25.7 Å². The van der Waals surface area contributed by atoms with E-state index in [1.165, 1.54) is 17.2 Å². The summed E-state index contributed by atoms with van der Waals surface area (Å²) in [6.45, 7) is 3.21. The lowest BCUT2D eigenvalue weighted by Gasteiger charge is -2.30. The van der Waals surface area contributed by atoms with Crippen molar-refractivity contribution in [2.45, 2.75) is 37.8 Å². The van der Waals surface area contributed by atoms with E-state index in [1.807, 2.05) is 18.2 Å². The summed E-state index contributed by atoms with van der Waals surface area (Å²) < 4.78 is 32.8. The second-order valence-corrected chi connectivity index (χ2v) is 11.4. The first-order valence-corrected chi connectivity index (χ1v) is 14.2. The molecule has 1 aliphatic heterocycles. The number of anilines is 2. The van der Waals surface area contributed by atoms with Gasteiger partial charge in [0, 0.05) is 43.5 Å². The van der Waals surface area contributed by atoms with E-state index < -0.39 is 10.0 Å². The minimum absolute atomic E-state index is 0.0615. The van der Waals surface area contributed by atoms with Crippen molar-refractivity contribution in [1.82, 2.24) is 19.3 Å². The van der Waals surface area contributed by atoms with Gasteiger partial charge in [-0.25, -0.2) is 23.1 Å². The molecule has 1 aliphatic carbocycles. The second-order valence-electron chi connectivity index (χ2n) is 9.64. The summed E-state index contributed by atoms with van der Waals surface area (Å²) in [6, 6.07) is 10.2. The van der Waals surface area contributed by atoms with Crippen LogP contribution < -0.4 is 20.5 Å². The number of fused-ring (bicyclic) bond motifs is 1. The average Bonchev–Trinajstić information content (AvgIpc) is 2.87. The molecule has 36 heavy (non-hydrogen) atoms. The molecule has 1 saturated heterocycles. The summed E-state index contributed by atoms with van der Waals surface area (Å²) in [5.74, 6) is 0.521. The Hall–Kier alpha value is -3.02. The summed E-state index contributed by atoms with van der Waals surface area (Å²) in [5, 5.41) is 3.95. The van der Waals surface area contributed by atoms with Crippen LogP contribution in [0.25, 0.3) is 22.2 Å². The van der Waals surface area contributed by atoms with Crippen molar-refractivity contribution in [3.8, 4) is 11.3 Å². The fraction of sp³-hybridized carbons (Fsp3) is 0.480. The number of pyridine rings is 1. The van der Waals surface area contributed by atoms with Crippen molar-refractivity contribution in [3.05, 3.63) is 47.0 Å². The molecule has 0 amide bonds. The van der Waals surface area contributed by atoms with E-state index in [-0.39, 0.29) is 17.6 Å². The SMILES string of the molecule is Cn1cnc2cc(-c3ccc(N4CCOCC4)cc3)nc(NC3CCC(NS(C)(=O)=O)CC3)c2c1=O. The zero-order valence-electron chi connectivity index (χ0n) is 20.6. The maximum atomic E-state index is 13.0. The molecule has 5 rings (SSSR count). The molecular weight excluding hydrogens is 480 g/mol. The van der Waals surface area contributed by atoms with Gasteiger partial charge in [-0.3, -0.25) is 4.79 Å². The number of hydrogen-bond donors (Lipinski definition) is 2. The van der Waals surface area contributed by atoms with E-state index in [9.17, 15) is 13.2 Å². The summed E-state index contributed by atoms with van der Waals surface area (Å²) in [6.07, 6.45) is 5.71. The van der Waals surface area contributed by atoms with Crippen molar-refractivity contribution in [2.24, 2.45) is 7.05 Å². The number of aryl methyl sites for hydroxylation is 1. The molecule has 1 aromatic carbocycles. The molecule has 0 bridgehead atoms. The number of aromatic nitrogens is 3. The van der Waals surface area contributed by atoms with Crippen molar-refractivity contribution >= 4 is 32.4 Å². The molecule has 2 aliphatic rings. The Kier molecular flexibility index (Phi) is 6.96. The van der Waals surface area contributed by atoms with Gasteiger partial charge in [0.05, 0.1) is 37.0 Å². The molecule has 2 fully saturated rings. The normalized spacial score (nSPS) is 21.0. The van der Waals surface area contributed by atoms with Crippen LogP contribution in [0.2, 0.25) is 0 Å². The van der Waals surface area contributed by atoms with Crippen LogP contribution >= 0.6 is 0 Å². The van der Waals surface area contributed by atoms with Crippen LogP contribution in [-0.2, 0) is 21.8 Å². The lowest BCUT2D eigenvalue weighted by molar-refractivity contribution is 0.122. The van der Waals surface area contributed by atoms with E-state index in [4.69, 9.17) is 9.72 Å². The van der Waals surface area contributed by atoms with Gasteiger partial charge in [-0.2, -0.15) is 0 Å². The quantitative estimate of drug-likeness (QED) is 0.516. The van der Waals surface area contributed by atoms with Gasteiger partial charge >= 0.3 is 0 Å². The molecule has 0 atom stereocenters. The Labute approximate surface area is 210 Å². The highest BCUT2D eigenvalue weighted by Gasteiger charge is 2.25. The first-order valence-electron chi connectivity index (χ1n) is 12.3. The Morgan fingerprint density at radius 2 is 1.69 bits per heavy atom. The van der Waals surface area contributed by atoms with Crippen molar-refractivity contribution in [2.75, 3.05) is 42.8 Å². The smallest absolute Gasteiger partial charge is 0.264 e. The first-order chi connectivity index (χ1) is 17.3. The van der Waals surface area contributed by atoms with Crippen molar-refractivity contribution < 1.29 is 13.2 Å². The Bertz CT molecular complexity index is 1390. The number of rotatable bonds is 6. The standard InChI is InChI=1S/C25H32N6O4S/c1-30-16-26-22-15-21(17-3-9-20(10-4-17)31-11-13-35-14-12-31)28-24(23(22)25(30)32)27-18-5-7-19(8-6-18)29-36(2,33)34/h3-4,9-10,15-16,18-19,29H,5-8,11-14H2,1-2H3,(H,27,28). The third-order valence-corrected chi connectivity index (χ3v) is 7.65. The molecule has 2 aromatic heterocycles. The van der Waals surface area contributed by atoms with Crippen LogP contribution in [-0.4, -0.2) is 67.6 Å². The lowest BCUT2D eigenvalue weighted by atomic mass is 9.92.